The number of hydrogen-bond donors (Lipinski definition) is 0. The Morgan fingerprint density at radius 2 is 1.96 bits per heavy atom. The van der Waals surface area contributed by atoms with Gasteiger partial charge < -0.3 is 14.1 Å². The zero-order valence-corrected chi connectivity index (χ0v) is 14.2. The second kappa shape index (κ2) is 7.21. The minimum atomic E-state index is -0.498. The zero-order chi connectivity index (χ0) is 17.8. The summed E-state index contributed by atoms with van der Waals surface area (Å²) in [5.41, 5.74) is 2.16. The first-order chi connectivity index (χ1) is 12.1. The van der Waals surface area contributed by atoms with Gasteiger partial charge in [-0.25, -0.2) is 4.79 Å². The Labute approximate surface area is 146 Å². The lowest BCUT2D eigenvalue weighted by molar-refractivity contribution is -0.138. The van der Waals surface area contributed by atoms with Crippen LogP contribution in [0.25, 0.3) is 6.08 Å². The van der Waals surface area contributed by atoms with Crippen LogP contribution in [0.2, 0.25) is 0 Å². The van der Waals surface area contributed by atoms with Crippen molar-refractivity contribution in [3.8, 4) is 0 Å². The van der Waals surface area contributed by atoms with Gasteiger partial charge in [-0.05, 0) is 37.6 Å². The van der Waals surface area contributed by atoms with E-state index in [1.807, 2.05) is 30.3 Å². The van der Waals surface area contributed by atoms with Crippen LogP contribution in [0.15, 0.2) is 70.0 Å². The third kappa shape index (κ3) is 3.40. The third-order valence-electron chi connectivity index (χ3n) is 4.00. The van der Waals surface area contributed by atoms with Gasteiger partial charge in [-0.15, -0.1) is 0 Å². The molecule has 5 heteroatoms. The van der Waals surface area contributed by atoms with Crippen LogP contribution in [0.1, 0.15) is 25.2 Å². The molecule has 0 atom stereocenters. The van der Waals surface area contributed by atoms with E-state index in [0.29, 0.717) is 29.1 Å². The molecule has 3 rings (SSSR count). The number of esters is 1. The molecule has 25 heavy (non-hydrogen) atoms. The van der Waals surface area contributed by atoms with Gasteiger partial charge in [0.05, 0.1) is 30.6 Å². The van der Waals surface area contributed by atoms with Crippen molar-refractivity contribution >= 4 is 18.0 Å². The highest BCUT2D eigenvalue weighted by molar-refractivity contribution is 6.16. The summed E-state index contributed by atoms with van der Waals surface area (Å²) >= 11 is 0. The molecule has 0 N–H and O–H groups in total. The maximum Gasteiger partial charge on any atom is 0.340 e. The van der Waals surface area contributed by atoms with E-state index in [1.54, 1.807) is 37.0 Å². The standard InChI is InChI=1S/C20H19NO4/c1-3-24-20(23)18-14(2)21(13-15-8-5-4-6-9-15)19(22)17(18)12-16-10-7-11-25-16/h4-12H,3,13H2,1-2H3/b17-12-. The fraction of sp³-hybridized carbons (Fsp3) is 0.200. The molecule has 1 aromatic heterocycles. The molecular formula is C20H19NO4. The van der Waals surface area contributed by atoms with Gasteiger partial charge in [0.1, 0.15) is 5.76 Å². The van der Waals surface area contributed by atoms with E-state index >= 15 is 0 Å². The molecule has 0 saturated heterocycles. The maximum absolute atomic E-state index is 12.9. The van der Waals surface area contributed by atoms with Crippen LogP contribution in [-0.2, 0) is 20.9 Å². The van der Waals surface area contributed by atoms with Crippen molar-refractivity contribution < 1.29 is 18.7 Å². The Bertz CT molecular complexity index is 832. The molecule has 0 fully saturated rings. The number of carbonyl (C=O) groups excluding carboxylic acids is 2. The Morgan fingerprint density at radius 3 is 2.60 bits per heavy atom. The maximum atomic E-state index is 12.9. The lowest BCUT2D eigenvalue weighted by Crippen LogP contribution is -2.24. The highest BCUT2D eigenvalue weighted by atomic mass is 16.5. The lowest BCUT2D eigenvalue weighted by atomic mass is 10.1. The van der Waals surface area contributed by atoms with Gasteiger partial charge in [-0.3, -0.25) is 4.79 Å². The summed E-state index contributed by atoms with van der Waals surface area (Å²) in [6.45, 7) is 4.14. The molecule has 0 unspecified atom stereocenters. The molecular weight excluding hydrogens is 318 g/mol. The topological polar surface area (TPSA) is 59.8 Å². The van der Waals surface area contributed by atoms with Gasteiger partial charge in [-0.1, -0.05) is 30.3 Å². The summed E-state index contributed by atoms with van der Waals surface area (Å²) in [5.74, 6) is -0.220. The summed E-state index contributed by atoms with van der Waals surface area (Å²) in [5, 5.41) is 0. The second-order valence-electron chi connectivity index (χ2n) is 5.63. The number of carbonyl (C=O) groups is 2. The van der Waals surface area contributed by atoms with Crippen LogP contribution in [0, 0.1) is 0 Å². The van der Waals surface area contributed by atoms with Crippen molar-refractivity contribution in [1.82, 2.24) is 4.90 Å². The van der Waals surface area contributed by atoms with Crippen LogP contribution < -0.4 is 0 Å². The summed E-state index contributed by atoms with van der Waals surface area (Å²) in [6.07, 6.45) is 3.11. The third-order valence-corrected chi connectivity index (χ3v) is 4.00. The summed E-state index contributed by atoms with van der Waals surface area (Å²) in [6, 6.07) is 13.1. The smallest absolute Gasteiger partial charge is 0.340 e. The number of ether oxygens (including phenoxy) is 1. The number of allylic oxidation sites excluding steroid dienone is 1. The van der Waals surface area contributed by atoms with E-state index in [4.69, 9.17) is 9.15 Å². The molecule has 0 bridgehead atoms. The first kappa shape index (κ1) is 16.8. The Kier molecular flexibility index (Phi) is 4.84. The SMILES string of the molecule is CCOC(=O)C1=C(C)N(Cc2ccccc2)C(=O)/C1=C\c1ccco1. The number of amides is 1. The molecule has 0 aliphatic carbocycles. The van der Waals surface area contributed by atoms with Crippen molar-refractivity contribution in [3.63, 3.8) is 0 Å². The minimum absolute atomic E-state index is 0.235. The lowest BCUT2D eigenvalue weighted by Gasteiger charge is -2.17. The molecule has 0 radical (unpaired) electrons. The Morgan fingerprint density at radius 1 is 1.20 bits per heavy atom. The Balaban J connectivity index is 2.00. The van der Waals surface area contributed by atoms with E-state index in [-0.39, 0.29) is 12.5 Å². The second-order valence-corrected chi connectivity index (χ2v) is 5.63. The van der Waals surface area contributed by atoms with Crippen LogP contribution >= 0.6 is 0 Å². The van der Waals surface area contributed by atoms with E-state index in [9.17, 15) is 9.59 Å². The van der Waals surface area contributed by atoms with Gasteiger partial charge in [0.25, 0.3) is 5.91 Å². The molecule has 1 aromatic carbocycles. The molecule has 1 amide bonds. The number of rotatable bonds is 5. The van der Waals surface area contributed by atoms with Crippen LogP contribution in [-0.4, -0.2) is 23.4 Å². The van der Waals surface area contributed by atoms with Crippen LogP contribution in [0.5, 0.6) is 0 Å². The fourth-order valence-electron chi connectivity index (χ4n) is 2.80. The van der Waals surface area contributed by atoms with E-state index in [0.717, 1.165) is 5.56 Å². The van der Waals surface area contributed by atoms with Crippen molar-refractivity contribution in [1.29, 1.82) is 0 Å². The van der Waals surface area contributed by atoms with Gasteiger partial charge >= 0.3 is 5.97 Å². The monoisotopic (exact) mass is 337 g/mol. The molecule has 0 spiro atoms. The van der Waals surface area contributed by atoms with E-state index < -0.39 is 5.97 Å². The van der Waals surface area contributed by atoms with Crippen LogP contribution in [0.4, 0.5) is 0 Å². The van der Waals surface area contributed by atoms with Gasteiger partial charge in [-0.2, -0.15) is 0 Å². The molecule has 2 heterocycles. The molecule has 1 aliphatic rings. The van der Waals surface area contributed by atoms with E-state index in [1.165, 1.54) is 6.26 Å². The molecule has 128 valence electrons. The molecule has 0 saturated carbocycles. The normalized spacial score (nSPS) is 16.0. The average Bonchev–Trinajstić information content (AvgIpc) is 3.19. The summed E-state index contributed by atoms with van der Waals surface area (Å²) < 4.78 is 10.4. The molecule has 5 nitrogen and oxygen atoms in total. The fourth-order valence-corrected chi connectivity index (χ4v) is 2.80. The predicted octanol–water partition coefficient (Wildman–Crippen LogP) is 3.54. The van der Waals surface area contributed by atoms with Crippen molar-refractivity contribution in [2.75, 3.05) is 6.61 Å². The largest absolute Gasteiger partial charge is 0.465 e. The van der Waals surface area contributed by atoms with Gasteiger partial charge in [0, 0.05) is 5.70 Å². The minimum Gasteiger partial charge on any atom is -0.465 e. The molecule has 1 aliphatic heterocycles. The summed E-state index contributed by atoms with van der Waals surface area (Å²) in [4.78, 5) is 26.9. The van der Waals surface area contributed by atoms with Crippen molar-refractivity contribution in [2.45, 2.75) is 20.4 Å². The van der Waals surface area contributed by atoms with Gasteiger partial charge in [0.15, 0.2) is 0 Å². The molecule has 2 aromatic rings. The van der Waals surface area contributed by atoms with Crippen molar-refractivity contribution in [3.05, 3.63) is 76.9 Å². The van der Waals surface area contributed by atoms with Gasteiger partial charge in [0.2, 0.25) is 0 Å². The van der Waals surface area contributed by atoms with Crippen LogP contribution in [0.3, 0.4) is 0 Å². The number of hydrogen-bond acceptors (Lipinski definition) is 4. The predicted molar refractivity (Wildman–Crippen MR) is 93.0 cm³/mol. The highest BCUT2D eigenvalue weighted by Crippen LogP contribution is 2.32. The quantitative estimate of drug-likeness (QED) is 0.618. The Hall–Kier alpha value is -3.08. The number of nitrogens with zero attached hydrogens (tertiary/aromatic N) is 1. The number of benzene rings is 1. The van der Waals surface area contributed by atoms with E-state index in [2.05, 4.69) is 0 Å². The zero-order valence-electron chi connectivity index (χ0n) is 14.2. The summed E-state index contributed by atoms with van der Waals surface area (Å²) in [7, 11) is 0. The average molecular weight is 337 g/mol. The first-order valence-electron chi connectivity index (χ1n) is 8.11. The van der Waals surface area contributed by atoms with Crippen molar-refractivity contribution in [2.24, 2.45) is 0 Å². The first-order valence-corrected chi connectivity index (χ1v) is 8.11. The number of furan rings is 1. The highest BCUT2D eigenvalue weighted by Gasteiger charge is 2.37.